The third-order valence-electron chi connectivity index (χ3n) is 6.71. The maximum Gasteiger partial charge on any atom is 0.410 e. The highest BCUT2D eigenvalue weighted by Gasteiger charge is 2.33. The van der Waals surface area contributed by atoms with E-state index in [9.17, 15) is 14.4 Å². The average molecular weight is 543 g/mol. The monoisotopic (exact) mass is 542 g/mol. The van der Waals surface area contributed by atoms with E-state index in [1.54, 1.807) is 35.5 Å². The van der Waals surface area contributed by atoms with Crippen molar-refractivity contribution in [2.75, 3.05) is 32.1 Å². The van der Waals surface area contributed by atoms with Crippen LogP contribution in [-0.4, -0.2) is 75.5 Å². The Hall–Kier alpha value is -3.53. The van der Waals surface area contributed by atoms with Crippen LogP contribution in [0.25, 0.3) is 10.9 Å². The number of aromatic amines is 1. The molecule has 4 rings (SSSR count). The van der Waals surface area contributed by atoms with Crippen LogP contribution in [0, 0.1) is 0 Å². The summed E-state index contributed by atoms with van der Waals surface area (Å²) in [6, 6.07) is 7.23. The highest BCUT2D eigenvalue weighted by molar-refractivity contribution is 6.35. The Labute approximate surface area is 227 Å². The topological polar surface area (TPSA) is 104 Å². The van der Waals surface area contributed by atoms with Crippen molar-refractivity contribution in [2.24, 2.45) is 7.05 Å². The molecule has 38 heavy (non-hydrogen) atoms. The Morgan fingerprint density at radius 1 is 1.29 bits per heavy atom. The minimum Gasteiger partial charge on any atom is -0.444 e. The van der Waals surface area contributed by atoms with Gasteiger partial charge in [0.2, 0.25) is 0 Å². The number of nitrogens with zero attached hydrogens (tertiary/aromatic N) is 5. The van der Waals surface area contributed by atoms with E-state index in [0.717, 1.165) is 29.4 Å². The summed E-state index contributed by atoms with van der Waals surface area (Å²) in [5, 5.41) is 1.53. The third kappa shape index (κ3) is 5.65. The summed E-state index contributed by atoms with van der Waals surface area (Å²) in [4.78, 5) is 50.7. The number of carbonyl (C=O) groups excluding carboxylic acids is 3. The van der Waals surface area contributed by atoms with E-state index in [2.05, 4.69) is 4.98 Å². The molecule has 3 heterocycles. The molecule has 2 aromatic heterocycles. The van der Waals surface area contributed by atoms with Crippen LogP contribution in [0.2, 0.25) is 5.02 Å². The van der Waals surface area contributed by atoms with Crippen molar-refractivity contribution in [2.45, 2.75) is 51.7 Å². The molecule has 0 bridgehead atoms. The Bertz CT molecular complexity index is 1360. The maximum absolute atomic E-state index is 13.3. The number of benzene rings is 1. The highest BCUT2D eigenvalue weighted by atomic mass is 35.5. The minimum atomic E-state index is -0.584. The zero-order valence-corrected chi connectivity index (χ0v) is 23.5. The van der Waals surface area contributed by atoms with Crippen LogP contribution in [0.15, 0.2) is 24.3 Å². The Morgan fingerprint density at radius 3 is 2.68 bits per heavy atom. The number of amides is 3. The van der Waals surface area contributed by atoms with Crippen LogP contribution in [0.1, 0.15) is 61.5 Å². The van der Waals surface area contributed by atoms with Gasteiger partial charge in [-0.05, 0) is 51.8 Å². The minimum absolute atomic E-state index is 0.0916. The van der Waals surface area contributed by atoms with Crippen LogP contribution < -0.4 is 4.90 Å². The number of hydrogen-bond acceptors (Lipinski definition) is 5. The number of urea groups is 1. The summed E-state index contributed by atoms with van der Waals surface area (Å²) >= 11 is 6.29. The number of nitrogens with one attached hydrogen (secondary N) is 1. The number of halogens is 1. The van der Waals surface area contributed by atoms with Gasteiger partial charge in [-0.1, -0.05) is 17.7 Å². The predicted octanol–water partition coefficient (Wildman–Crippen LogP) is 5.17. The Balaban J connectivity index is 1.52. The fraction of sp³-hybridized carbons (Fsp3) is 0.481. The molecule has 1 aliphatic heterocycles. The van der Waals surface area contributed by atoms with Crippen LogP contribution in [0.5, 0.6) is 0 Å². The number of aldehydes is 1. The van der Waals surface area contributed by atoms with Gasteiger partial charge in [-0.25, -0.2) is 14.6 Å². The number of anilines is 1. The molecule has 0 aliphatic carbocycles. The summed E-state index contributed by atoms with van der Waals surface area (Å²) in [6.07, 6.45) is 1.94. The molecule has 0 saturated carbocycles. The lowest BCUT2D eigenvalue weighted by atomic mass is 9.97. The molecule has 0 radical (unpaired) electrons. The third-order valence-corrected chi connectivity index (χ3v) is 7.04. The molecule has 3 amide bonds. The number of hydrogen-bond donors (Lipinski definition) is 1. The zero-order valence-electron chi connectivity index (χ0n) is 22.7. The van der Waals surface area contributed by atoms with Gasteiger partial charge in [-0.15, -0.1) is 0 Å². The van der Waals surface area contributed by atoms with Gasteiger partial charge in [0.1, 0.15) is 17.1 Å². The SMILES string of the molecule is CN(Cc1cc2c(Cl)cccc2[nH]1)C(=O)N(C)c1nc(C2CCCN(C(=O)OC(C)(C)C)C2)n(C)c1C=O. The van der Waals surface area contributed by atoms with Gasteiger partial charge in [-0.2, -0.15) is 0 Å². The molecule has 204 valence electrons. The lowest BCUT2D eigenvalue weighted by Gasteiger charge is -2.33. The molecule has 1 aliphatic rings. The molecule has 1 saturated heterocycles. The predicted molar refractivity (Wildman–Crippen MR) is 147 cm³/mol. The number of likely N-dealkylation sites (tertiary alicyclic amines) is 1. The number of piperidine rings is 1. The molecule has 10 nitrogen and oxygen atoms in total. The zero-order chi connectivity index (χ0) is 27.8. The number of ether oxygens (including phenoxy) is 1. The second kappa shape index (κ2) is 10.7. The lowest BCUT2D eigenvalue weighted by Crippen LogP contribution is -2.42. The molecule has 1 atom stereocenters. The van der Waals surface area contributed by atoms with Crippen LogP contribution in [0.4, 0.5) is 15.4 Å². The first-order valence-corrected chi connectivity index (χ1v) is 13.0. The first kappa shape index (κ1) is 27.5. The summed E-state index contributed by atoms with van der Waals surface area (Å²) in [6.45, 7) is 6.86. The van der Waals surface area contributed by atoms with Gasteiger partial charge in [0.15, 0.2) is 12.1 Å². The second-order valence-electron chi connectivity index (χ2n) is 10.8. The smallest absolute Gasteiger partial charge is 0.410 e. The summed E-state index contributed by atoms with van der Waals surface area (Å²) in [7, 11) is 5.06. The van der Waals surface area contributed by atoms with E-state index in [-0.39, 0.29) is 23.9 Å². The van der Waals surface area contributed by atoms with Crippen molar-refractivity contribution >= 4 is 46.7 Å². The van der Waals surface area contributed by atoms with Crippen molar-refractivity contribution in [1.29, 1.82) is 0 Å². The Morgan fingerprint density at radius 2 is 2.03 bits per heavy atom. The van der Waals surface area contributed by atoms with Crippen LogP contribution in [0.3, 0.4) is 0 Å². The van der Waals surface area contributed by atoms with Crippen molar-refractivity contribution in [3.8, 4) is 0 Å². The van der Waals surface area contributed by atoms with E-state index in [1.165, 1.54) is 4.90 Å². The van der Waals surface area contributed by atoms with E-state index < -0.39 is 5.60 Å². The fourth-order valence-corrected chi connectivity index (χ4v) is 5.10. The largest absolute Gasteiger partial charge is 0.444 e. The normalized spacial score (nSPS) is 16.0. The number of fused-ring (bicyclic) bond motifs is 1. The van der Waals surface area contributed by atoms with Crippen molar-refractivity contribution in [3.05, 3.63) is 46.5 Å². The van der Waals surface area contributed by atoms with Crippen molar-refractivity contribution in [3.63, 3.8) is 0 Å². The fourth-order valence-electron chi connectivity index (χ4n) is 4.87. The van der Waals surface area contributed by atoms with Crippen LogP contribution >= 0.6 is 11.6 Å². The van der Waals surface area contributed by atoms with Gasteiger partial charge in [0, 0.05) is 61.8 Å². The number of aromatic nitrogens is 3. The quantitative estimate of drug-likeness (QED) is 0.448. The molecule has 1 fully saturated rings. The lowest BCUT2D eigenvalue weighted by molar-refractivity contribution is 0.0195. The molecule has 1 N–H and O–H groups in total. The van der Waals surface area contributed by atoms with E-state index in [0.29, 0.717) is 42.5 Å². The number of carbonyl (C=O) groups is 3. The summed E-state index contributed by atoms with van der Waals surface area (Å²) < 4.78 is 7.26. The maximum atomic E-state index is 13.3. The first-order valence-electron chi connectivity index (χ1n) is 12.6. The summed E-state index contributed by atoms with van der Waals surface area (Å²) in [5.41, 5.74) is 1.45. The van der Waals surface area contributed by atoms with Gasteiger partial charge >= 0.3 is 12.1 Å². The number of rotatable bonds is 5. The highest BCUT2D eigenvalue weighted by Crippen LogP contribution is 2.31. The van der Waals surface area contributed by atoms with Crippen molar-refractivity contribution < 1.29 is 19.1 Å². The van der Waals surface area contributed by atoms with Gasteiger partial charge in [0.25, 0.3) is 0 Å². The van der Waals surface area contributed by atoms with Crippen molar-refractivity contribution in [1.82, 2.24) is 24.3 Å². The molecular weight excluding hydrogens is 508 g/mol. The Kier molecular flexibility index (Phi) is 7.73. The number of imidazole rings is 1. The number of H-pyrrole nitrogens is 1. The first-order chi connectivity index (χ1) is 17.9. The molecule has 3 aromatic rings. The molecule has 1 aromatic carbocycles. The molecule has 11 heteroatoms. The molecule has 1 unspecified atom stereocenters. The van der Waals surface area contributed by atoms with Gasteiger partial charge in [-0.3, -0.25) is 9.69 Å². The standard InChI is InChI=1S/C27H35ClN6O4/c1-27(2,3)38-26(37)34-12-8-9-17(14-34)23-30-24(22(16-35)32(23)5)33(6)25(36)31(4)15-18-13-19-20(28)10-7-11-21(19)29-18/h7,10-11,13,16-17,29H,8-9,12,14-15H2,1-6H3. The second-order valence-corrected chi connectivity index (χ2v) is 11.2. The molecular formula is C27H35ClN6O4. The average Bonchev–Trinajstić information content (AvgIpc) is 3.43. The van der Waals surface area contributed by atoms with Crippen LogP contribution in [-0.2, 0) is 18.3 Å². The van der Waals surface area contributed by atoms with E-state index >= 15 is 0 Å². The van der Waals surface area contributed by atoms with E-state index in [4.69, 9.17) is 21.3 Å². The van der Waals surface area contributed by atoms with Gasteiger partial charge < -0.3 is 24.1 Å². The molecule has 0 spiro atoms. The summed E-state index contributed by atoms with van der Waals surface area (Å²) in [5.74, 6) is 0.845. The van der Waals surface area contributed by atoms with E-state index in [1.807, 2.05) is 45.0 Å². The van der Waals surface area contributed by atoms with Gasteiger partial charge in [0.05, 0.1) is 6.54 Å².